The summed E-state index contributed by atoms with van der Waals surface area (Å²) in [5, 5.41) is 7.61. The Labute approximate surface area is 191 Å². The maximum atomic E-state index is 13.4. The molecule has 8 heteroatoms. The SMILES string of the molecule is CN=C(NCCc1c[nH]c2cc(F)ccc12)NCc1ccc(Oc2cccc(OC)c2)nc1. The summed E-state index contributed by atoms with van der Waals surface area (Å²) in [5.41, 5.74) is 2.93. The number of halogens is 1. The Morgan fingerprint density at radius 1 is 1.09 bits per heavy atom. The van der Waals surface area contributed by atoms with Gasteiger partial charge in [0.05, 0.1) is 7.11 Å². The van der Waals surface area contributed by atoms with Crippen LogP contribution in [0.3, 0.4) is 0 Å². The minimum atomic E-state index is -0.243. The number of pyridine rings is 1. The quantitative estimate of drug-likeness (QED) is 0.275. The monoisotopic (exact) mass is 447 g/mol. The number of hydrogen-bond acceptors (Lipinski definition) is 4. The summed E-state index contributed by atoms with van der Waals surface area (Å²) in [7, 11) is 3.35. The van der Waals surface area contributed by atoms with E-state index in [9.17, 15) is 4.39 Å². The first kappa shape index (κ1) is 22.1. The number of aromatic nitrogens is 2. The van der Waals surface area contributed by atoms with E-state index in [4.69, 9.17) is 9.47 Å². The molecule has 2 aromatic heterocycles. The highest BCUT2D eigenvalue weighted by Crippen LogP contribution is 2.24. The van der Waals surface area contributed by atoms with Crippen LogP contribution in [0.1, 0.15) is 11.1 Å². The molecule has 0 atom stereocenters. The number of H-pyrrole nitrogens is 1. The Morgan fingerprint density at radius 2 is 1.97 bits per heavy atom. The highest BCUT2D eigenvalue weighted by atomic mass is 19.1. The van der Waals surface area contributed by atoms with Gasteiger partial charge < -0.3 is 25.1 Å². The highest BCUT2D eigenvalue weighted by Gasteiger charge is 2.06. The van der Waals surface area contributed by atoms with Crippen LogP contribution in [0.4, 0.5) is 4.39 Å². The van der Waals surface area contributed by atoms with Crippen molar-refractivity contribution in [2.45, 2.75) is 13.0 Å². The van der Waals surface area contributed by atoms with E-state index in [2.05, 4.69) is 25.6 Å². The summed E-state index contributed by atoms with van der Waals surface area (Å²) < 4.78 is 24.3. The lowest BCUT2D eigenvalue weighted by molar-refractivity contribution is 0.407. The molecule has 0 fully saturated rings. The summed E-state index contributed by atoms with van der Waals surface area (Å²) in [6, 6.07) is 16.0. The van der Waals surface area contributed by atoms with Crippen molar-refractivity contribution in [3.05, 3.63) is 83.9 Å². The van der Waals surface area contributed by atoms with Crippen LogP contribution in [0.25, 0.3) is 10.9 Å². The molecule has 4 aromatic rings. The highest BCUT2D eigenvalue weighted by molar-refractivity contribution is 5.83. The van der Waals surface area contributed by atoms with Crippen LogP contribution in [0.2, 0.25) is 0 Å². The van der Waals surface area contributed by atoms with Crippen LogP contribution in [0.15, 0.2) is 72.0 Å². The molecule has 0 aliphatic rings. The number of nitrogens with zero attached hydrogens (tertiary/aromatic N) is 2. The summed E-state index contributed by atoms with van der Waals surface area (Å²) in [6.45, 7) is 1.26. The lowest BCUT2D eigenvalue weighted by atomic mass is 10.1. The van der Waals surface area contributed by atoms with Gasteiger partial charge in [-0.1, -0.05) is 12.1 Å². The fourth-order valence-corrected chi connectivity index (χ4v) is 3.45. The maximum absolute atomic E-state index is 13.4. The first-order valence-corrected chi connectivity index (χ1v) is 10.6. The van der Waals surface area contributed by atoms with Crippen molar-refractivity contribution >= 4 is 16.9 Å². The lowest BCUT2D eigenvalue weighted by Gasteiger charge is -2.12. The molecule has 33 heavy (non-hydrogen) atoms. The van der Waals surface area contributed by atoms with Gasteiger partial charge in [-0.05, 0) is 47.9 Å². The Kier molecular flexibility index (Phi) is 7.04. The number of guanidine groups is 1. The number of nitrogens with one attached hydrogen (secondary N) is 3. The molecule has 0 radical (unpaired) electrons. The van der Waals surface area contributed by atoms with Crippen molar-refractivity contribution in [1.29, 1.82) is 0 Å². The standard InChI is InChI=1S/C25H26FN5O2/c1-27-25(28-11-10-18-16-29-23-12-19(26)7-8-22(18)23)31-15-17-6-9-24(30-14-17)33-21-5-3-4-20(13-21)32-2/h3-9,12-14,16,29H,10-11,15H2,1-2H3,(H2,27,28,31). The van der Waals surface area contributed by atoms with Crippen molar-refractivity contribution in [3.8, 4) is 17.4 Å². The Morgan fingerprint density at radius 3 is 2.76 bits per heavy atom. The van der Waals surface area contributed by atoms with Gasteiger partial charge in [0.15, 0.2) is 5.96 Å². The number of methoxy groups -OCH3 is 1. The van der Waals surface area contributed by atoms with E-state index in [0.29, 0.717) is 30.7 Å². The molecule has 0 aliphatic carbocycles. The molecule has 4 rings (SSSR count). The van der Waals surface area contributed by atoms with Crippen LogP contribution in [0.5, 0.6) is 17.4 Å². The first-order chi connectivity index (χ1) is 16.1. The molecule has 0 saturated heterocycles. The van der Waals surface area contributed by atoms with Crippen LogP contribution < -0.4 is 20.1 Å². The predicted molar refractivity (Wildman–Crippen MR) is 127 cm³/mol. The van der Waals surface area contributed by atoms with E-state index in [1.807, 2.05) is 36.5 Å². The second-order valence-corrected chi connectivity index (χ2v) is 7.39. The molecule has 3 N–H and O–H groups in total. The predicted octanol–water partition coefficient (Wildman–Crippen LogP) is 4.41. The van der Waals surface area contributed by atoms with E-state index in [1.165, 1.54) is 12.1 Å². The van der Waals surface area contributed by atoms with Gasteiger partial charge in [0.25, 0.3) is 0 Å². The van der Waals surface area contributed by atoms with E-state index < -0.39 is 0 Å². The summed E-state index contributed by atoms with van der Waals surface area (Å²) in [4.78, 5) is 11.8. The number of benzene rings is 2. The zero-order valence-corrected chi connectivity index (χ0v) is 18.6. The number of aromatic amines is 1. The molecule has 7 nitrogen and oxygen atoms in total. The van der Waals surface area contributed by atoms with E-state index in [1.54, 1.807) is 32.5 Å². The summed E-state index contributed by atoms with van der Waals surface area (Å²) in [5.74, 6) is 2.35. The normalized spacial score (nSPS) is 11.4. The smallest absolute Gasteiger partial charge is 0.219 e. The Hall–Kier alpha value is -4.07. The molecular formula is C25H26FN5O2. The third-order valence-corrected chi connectivity index (χ3v) is 5.16. The van der Waals surface area contributed by atoms with Gasteiger partial charge >= 0.3 is 0 Å². The molecule has 170 valence electrons. The number of rotatable bonds is 8. The topological polar surface area (TPSA) is 83.6 Å². The number of aliphatic imine (C=N–C) groups is 1. The minimum Gasteiger partial charge on any atom is -0.497 e. The van der Waals surface area contributed by atoms with Gasteiger partial charge in [0.1, 0.15) is 17.3 Å². The molecular weight excluding hydrogens is 421 g/mol. The average molecular weight is 448 g/mol. The van der Waals surface area contributed by atoms with Crippen LogP contribution in [-0.2, 0) is 13.0 Å². The third kappa shape index (κ3) is 5.79. The van der Waals surface area contributed by atoms with Gasteiger partial charge in [0.2, 0.25) is 5.88 Å². The number of hydrogen-bond donors (Lipinski definition) is 3. The Bertz CT molecular complexity index is 1240. The second-order valence-electron chi connectivity index (χ2n) is 7.39. The van der Waals surface area contributed by atoms with E-state index in [-0.39, 0.29) is 5.82 Å². The summed E-state index contributed by atoms with van der Waals surface area (Å²) in [6.07, 6.45) is 4.47. The van der Waals surface area contributed by atoms with Gasteiger partial charge in [-0.25, -0.2) is 9.37 Å². The van der Waals surface area contributed by atoms with E-state index >= 15 is 0 Å². The largest absolute Gasteiger partial charge is 0.497 e. The number of fused-ring (bicyclic) bond motifs is 1. The van der Waals surface area contributed by atoms with Crippen LogP contribution in [-0.4, -0.2) is 36.6 Å². The first-order valence-electron chi connectivity index (χ1n) is 10.6. The zero-order valence-electron chi connectivity index (χ0n) is 18.6. The van der Waals surface area contributed by atoms with Crippen molar-refractivity contribution < 1.29 is 13.9 Å². The van der Waals surface area contributed by atoms with Crippen molar-refractivity contribution in [2.24, 2.45) is 4.99 Å². The fraction of sp³-hybridized carbons (Fsp3) is 0.200. The number of ether oxygens (including phenoxy) is 2. The fourth-order valence-electron chi connectivity index (χ4n) is 3.45. The van der Waals surface area contributed by atoms with Gasteiger partial charge in [-0.15, -0.1) is 0 Å². The minimum absolute atomic E-state index is 0.243. The van der Waals surface area contributed by atoms with Gasteiger partial charge in [-0.2, -0.15) is 0 Å². The molecule has 0 aliphatic heterocycles. The van der Waals surface area contributed by atoms with Gasteiger partial charge in [0, 0.05) is 55.6 Å². The molecule has 2 heterocycles. The van der Waals surface area contributed by atoms with E-state index in [0.717, 1.165) is 34.2 Å². The Balaban J connectivity index is 1.26. The molecule has 0 bridgehead atoms. The lowest BCUT2D eigenvalue weighted by Crippen LogP contribution is -2.37. The van der Waals surface area contributed by atoms with Crippen molar-refractivity contribution in [1.82, 2.24) is 20.6 Å². The second kappa shape index (κ2) is 10.5. The molecule has 0 amide bonds. The molecule has 0 unspecified atom stereocenters. The molecule has 0 spiro atoms. The average Bonchev–Trinajstić information content (AvgIpc) is 3.24. The van der Waals surface area contributed by atoms with Crippen molar-refractivity contribution in [2.75, 3.05) is 20.7 Å². The van der Waals surface area contributed by atoms with Crippen LogP contribution in [0, 0.1) is 5.82 Å². The van der Waals surface area contributed by atoms with Crippen LogP contribution >= 0.6 is 0 Å². The van der Waals surface area contributed by atoms with Gasteiger partial charge in [-0.3, -0.25) is 4.99 Å². The summed E-state index contributed by atoms with van der Waals surface area (Å²) >= 11 is 0. The molecule has 2 aromatic carbocycles. The third-order valence-electron chi connectivity index (χ3n) is 5.16. The maximum Gasteiger partial charge on any atom is 0.219 e. The molecule has 0 saturated carbocycles. The zero-order chi connectivity index (χ0) is 23.0. The van der Waals surface area contributed by atoms with Crippen molar-refractivity contribution in [3.63, 3.8) is 0 Å².